The van der Waals surface area contributed by atoms with Crippen molar-refractivity contribution in [3.8, 4) is 0 Å². The van der Waals surface area contributed by atoms with E-state index < -0.39 is 0 Å². The fraction of sp³-hybridized carbons (Fsp3) is 0.632. The van der Waals surface area contributed by atoms with Gasteiger partial charge in [-0.25, -0.2) is 8.61 Å². The monoisotopic (exact) mass is 394 g/mol. The van der Waals surface area contributed by atoms with Crippen LogP contribution in [0.3, 0.4) is 0 Å². The average Bonchev–Trinajstić information content (AvgIpc) is 2.64. The molecule has 0 spiro atoms. The van der Waals surface area contributed by atoms with E-state index in [1.807, 2.05) is 11.9 Å². The van der Waals surface area contributed by atoms with E-state index in [2.05, 4.69) is 57.4 Å². The van der Waals surface area contributed by atoms with Crippen LogP contribution in [0.25, 0.3) is 0 Å². The largest absolute Gasteiger partial charge is 0.351 e. The molecule has 1 atom stereocenters. The summed E-state index contributed by atoms with van der Waals surface area (Å²) in [5.74, 6) is 0.349. The van der Waals surface area contributed by atoms with Crippen molar-refractivity contribution in [2.24, 2.45) is 5.92 Å². The van der Waals surface area contributed by atoms with Gasteiger partial charge in [-0.05, 0) is 61.0 Å². The highest BCUT2D eigenvalue weighted by molar-refractivity contribution is 7.97. The summed E-state index contributed by atoms with van der Waals surface area (Å²) in [5, 5.41) is 6.36. The molecule has 1 aromatic rings. The van der Waals surface area contributed by atoms with Crippen molar-refractivity contribution in [3.05, 3.63) is 24.3 Å². The topological polar surface area (TPSA) is 47.6 Å². The Kier molecular flexibility index (Phi) is 7.69. The van der Waals surface area contributed by atoms with Crippen LogP contribution >= 0.6 is 23.9 Å². The third-order valence-corrected chi connectivity index (χ3v) is 7.21. The molecule has 0 radical (unpaired) electrons. The predicted octanol–water partition coefficient (Wildman–Crippen LogP) is 2.84. The van der Waals surface area contributed by atoms with E-state index in [0.717, 1.165) is 52.1 Å². The standard InChI is InChI=1S/C19H30N4OS2/c1-3-22(4-2)25-17-7-9-18(10-8-17)26-23-11-5-6-15(14-23)19(24)21-16-12-20-13-16/h7-10,15-16,20H,3-6,11-14H2,1-2H3,(H,21,24). The van der Waals surface area contributed by atoms with Crippen molar-refractivity contribution in [1.82, 2.24) is 19.2 Å². The first kappa shape index (κ1) is 20.0. The Labute approximate surface area is 165 Å². The quantitative estimate of drug-likeness (QED) is 0.661. The maximum absolute atomic E-state index is 12.4. The third-order valence-electron chi connectivity index (χ3n) is 4.88. The second-order valence-electron chi connectivity index (χ2n) is 6.86. The molecule has 144 valence electrons. The second kappa shape index (κ2) is 9.99. The Morgan fingerprint density at radius 3 is 2.54 bits per heavy atom. The van der Waals surface area contributed by atoms with Crippen LogP contribution in [-0.4, -0.2) is 59.8 Å². The van der Waals surface area contributed by atoms with Gasteiger partial charge in [0.25, 0.3) is 0 Å². The molecule has 2 heterocycles. The van der Waals surface area contributed by atoms with Gasteiger partial charge >= 0.3 is 0 Å². The molecule has 1 amide bonds. The number of rotatable bonds is 8. The summed E-state index contributed by atoms with van der Waals surface area (Å²) in [6.07, 6.45) is 2.09. The Balaban J connectivity index is 1.49. The summed E-state index contributed by atoms with van der Waals surface area (Å²) in [5.41, 5.74) is 0. The van der Waals surface area contributed by atoms with Crippen LogP contribution in [0.2, 0.25) is 0 Å². The van der Waals surface area contributed by atoms with Gasteiger partial charge in [-0.2, -0.15) is 0 Å². The molecule has 2 aliphatic rings. The zero-order valence-corrected chi connectivity index (χ0v) is 17.4. The third kappa shape index (κ3) is 5.63. The fourth-order valence-electron chi connectivity index (χ4n) is 3.16. The molecule has 3 rings (SSSR count). The Morgan fingerprint density at radius 2 is 1.92 bits per heavy atom. The number of benzene rings is 1. The first-order valence-electron chi connectivity index (χ1n) is 9.65. The van der Waals surface area contributed by atoms with E-state index in [9.17, 15) is 4.79 Å². The average molecular weight is 395 g/mol. The molecule has 2 aliphatic heterocycles. The lowest BCUT2D eigenvalue weighted by Gasteiger charge is -2.34. The normalized spacial score (nSPS) is 21.6. The van der Waals surface area contributed by atoms with Crippen LogP contribution < -0.4 is 10.6 Å². The van der Waals surface area contributed by atoms with Crippen LogP contribution in [0.4, 0.5) is 0 Å². The van der Waals surface area contributed by atoms with Gasteiger partial charge < -0.3 is 10.6 Å². The highest BCUT2D eigenvalue weighted by Crippen LogP contribution is 2.30. The van der Waals surface area contributed by atoms with Crippen molar-refractivity contribution >= 4 is 29.8 Å². The number of amides is 1. The van der Waals surface area contributed by atoms with Crippen LogP contribution in [0.5, 0.6) is 0 Å². The molecule has 26 heavy (non-hydrogen) atoms. The van der Waals surface area contributed by atoms with Gasteiger partial charge in [0.15, 0.2) is 0 Å². The minimum atomic E-state index is 0.120. The zero-order valence-electron chi connectivity index (χ0n) is 15.7. The van der Waals surface area contributed by atoms with Crippen LogP contribution in [0, 0.1) is 5.92 Å². The molecule has 2 N–H and O–H groups in total. The molecular weight excluding hydrogens is 364 g/mol. The molecule has 0 aromatic heterocycles. The van der Waals surface area contributed by atoms with E-state index in [0.29, 0.717) is 6.04 Å². The molecule has 7 heteroatoms. The molecule has 5 nitrogen and oxygen atoms in total. The Morgan fingerprint density at radius 1 is 1.23 bits per heavy atom. The number of hydrogen-bond donors (Lipinski definition) is 2. The summed E-state index contributed by atoms with van der Waals surface area (Å²) < 4.78 is 4.69. The van der Waals surface area contributed by atoms with Gasteiger partial charge in [0, 0.05) is 49.1 Å². The van der Waals surface area contributed by atoms with E-state index in [1.165, 1.54) is 9.79 Å². The second-order valence-corrected chi connectivity index (χ2v) is 9.20. The first-order valence-corrected chi connectivity index (χ1v) is 11.2. The van der Waals surface area contributed by atoms with Crippen molar-refractivity contribution in [2.75, 3.05) is 39.3 Å². The van der Waals surface area contributed by atoms with Crippen LogP contribution in [-0.2, 0) is 4.79 Å². The van der Waals surface area contributed by atoms with E-state index >= 15 is 0 Å². The van der Waals surface area contributed by atoms with Gasteiger partial charge in [-0.3, -0.25) is 4.79 Å². The van der Waals surface area contributed by atoms with E-state index in [-0.39, 0.29) is 11.8 Å². The van der Waals surface area contributed by atoms with E-state index in [1.54, 1.807) is 11.9 Å². The molecular formula is C19H30N4OS2. The van der Waals surface area contributed by atoms with E-state index in [4.69, 9.17) is 0 Å². The van der Waals surface area contributed by atoms with Crippen LogP contribution in [0.15, 0.2) is 34.1 Å². The van der Waals surface area contributed by atoms with Crippen molar-refractivity contribution in [2.45, 2.75) is 42.5 Å². The minimum Gasteiger partial charge on any atom is -0.351 e. The molecule has 1 unspecified atom stereocenters. The lowest BCUT2D eigenvalue weighted by atomic mass is 9.98. The number of piperidine rings is 1. The summed E-state index contributed by atoms with van der Waals surface area (Å²) in [6, 6.07) is 9.12. The van der Waals surface area contributed by atoms with Crippen molar-refractivity contribution < 1.29 is 4.79 Å². The van der Waals surface area contributed by atoms with Gasteiger partial charge in [0.05, 0.1) is 12.0 Å². The molecule has 0 aliphatic carbocycles. The lowest BCUT2D eigenvalue weighted by molar-refractivity contribution is -0.127. The van der Waals surface area contributed by atoms with Gasteiger partial charge in [-0.1, -0.05) is 13.8 Å². The Bertz CT molecular complexity index is 575. The maximum Gasteiger partial charge on any atom is 0.224 e. The number of hydrogen-bond acceptors (Lipinski definition) is 6. The minimum absolute atomic E-state index is 0.120. The van der Waals surface area contributed by atoms with Gasteiger partial charge in [0.2, 0.25) is 5.91 Å². The maximum atomic E-state index is 12.4. The smallest absolute Gasteiger partial charge is 0.224 e. The molecule has 0 saturated carbocycles. The number of carbonyl (C=O) groups is 1. The number of carbonyl (C=O) groups excluding carboxylic acids is 1. The van der Waals surface area contributed by atoms with Crippen molar-refractivity contribution in [1.29, 1.82) is 0 Å². The molecule has 1 aromatic carbocycles. The van der Waals surface area contributed by atoms with Gasteiger partial charge in [0.1, 0.15) is 0 Å². The fourth-order valence-corrected chi connectivity index (χ4v) is 5.01. The summed E-state index contributed by atoms with van der Waals surface area (Å²) in [4.78, 5) is 15.0. The highest BCUT2D eigenvalue weighted by Gasteiger charge is 2.29. The van der Waals surface area contributed by atoms with Gasteiger partial charge in [-0.15, -0.1) is 0 Å². The lowest BCUT2D eigenvalue weighted by Crippen LogP contribution is -2.58. The highest BCUT2D eigenvalue weighted by atomic mass is 32.2. The van der Waals surface area contributed by atoms with Crippen molar-refractivity contribution in [3.63, 3.8) is 0 Å². The molecule has 2 saturated heterocycles. The Hall–Kier alpha value is -0.730. The summed E-state index contributed by atoms with van der Waals surface area (Å²) in [6.45, 7) is 10.2. The molecule has 2 fully saturated rings. The molecule has 0 bridgehead atoms. The zero-order chi connectivity index (χ0) is 18.4. The summed E-state index contributed by atoms with van der Waals surface area (Å²) in [7, 11) is 0. The number of nitrogens with one attached hydrogen (secondary N) is 2. The predicted molar refractivity (Wildman–Crippen MR) is 110 cm³/mol. The first-order chi connectivity index (χ1) is 12.7. The SMILES string of the molecule is CCN(CC)Sc1ccc(SN2CCCC(C(=O)NC3CNC3)C2)cc1. The summed E-state index contributed by atoms with van der Waals surface area (Å²) >= 11 is 3.60. The number of nitrogens with zero attached hydrogens (tertiary/aromatic N) is 2. The van der Waals surface area contributed by atoms with Crippen LogP contribution in [0.1, 0.15) is 26.7 Å².